The molecule has 2 aromatic rings. The van der Waals surface area contributed by atoms with Crippen molar-refractivity contribution in [2.75, 3.05) is 5.73 Å². The molecule has 3 N–H and O–H groups in total. The quantitative estimate of drug-likeness (QED) is 0.856. The van der Waals surface area contributed by atoms with Gasteiger partial charge in [0.15, 0.2) is 0 Å². The monoisotopic (exact) mass is 295 g/mol. The van der Waals surface area contributed by atoms with Crippen molar-refractivity contribution >= 4 is 34.8 Å². The van der Waals surface area contributed by atoms with Crippen molar-refractivity contribution in [2.24, 2.45) is 0 Å². The minimum Gasteiger partial charge on any atom is -0.398 e. The number of hydrogen-bond acceptors (Lipinski definition) is 3. The molecule has 4 nitrogen and oxygen atoms in total. The second kappa shape index (κ2) is 5.91. The normalized spacial score (nSPS) is 10.2. The highest BCUT2D eigenvalue weighted by Crippen LogP contribution is 2.27. The maximum atomic E-state index is 12.0. The Hall–Kier alpha value is -1.78. The molecule has 0 spiro atoms. The molecule has 0 saturated carbocycles. The van der Waals surface area contributed by atoms with Crippen LogP contribution >= 0.6 is 23.2 Å². The number of nitrogens with one attached hydrogen (secondary N) is 1. The number of nitrogen functional groups attached to an aromatic ring is 1. The number of carbonyl (C=O) groups excluding carboxylic acids is 1. The largest absolute Gasteiger partial charge is 0.398 e. The first-order valence-corrected chi connectivity index (χ1v) is 6.25. The fourth-order valence-corrected chi connectivity index (χ4v) is 2.20. The number of nitrogens with two attached hydrogens (primary N) is 1. The molecule has 0 aliphatic heterocycles. The van der Waals surface area contributed by atoms with Crippen molar-refractivity contribution in [2.45, 2.75) is 6.54 Å². The molecule has 1 aromatic carbocycles. The molecular formula is C13H11Cl2N3O. The van der Waals surface area contributed by atoms with Crippen LogP contribution in [0, 0.1) is 0 Å². The number of aromatic nitrogens is 1. The van der Waals surface area contributed by atoms with Gasteiger partial charge in [-0.1, -0.05) is 23.2 Å². The van der Waals surface area contributed by atoms with Gasteiger partial charge in [-0.3, -0.25) is 9.78 Å². The number of benzene rings is 1. The number of amides is 1. The van der Waals surface area contributed by atoms with Crippen LogP contribution in [0.2, 0.25) is 10.0 Å². The summed E-state index contributed by atoms with van der Waals surface area (Å²) in [5.74, 6) is -0.337. The van der Waals surface area contributed by atoms with Crippen LogP contribution in [0.25, 0.3) is 0 Å². The third kappa shape index (κ3) is 3.36. The predicted molar refractivity (Wildman–Crippen MR) is 76.3 cm³/mol. The Morgan fingerprint density at radius 2 is 1.95 bits per heavy atom. The first-order valence-electron chi connectivity index (χ1n) is 5.49. The van der Waals surface area contributed by atoms with E-state index in [9.17, 15) is 4.79 Å². The highest BCUT2D eigenvalue weighted by Gasteiger charge is 2.14. The molecule has 0 fully saturated rings. The predicted octanol–water partition coefficient (Wildman–Crippen LogP) is 2.90. The standard InChI is InChI=1S/C13H11Cl2N3O/c14-9-5-10(15)12(11(16)6-9)13(19)18-7-8-1-3-17-4-2-8/h1-6H,7,16H2,(H,18,19). The summed E-state index contributed by atoms with van der Waals surface area (Å²) >= 11 is 11.8. The Balaban J connectivity index is 2.13. The number of carbonyl (C=O) groups is 1. The summed E-state index contributed by atoms with van der Waals surface area (Å²) in [6.07, 6.45) is 3.32. The maximum Gasteiger partial charge on any atom is 0.255 e. The van der Waals surface area contributed by atoms with Crippen LogP contribution in [-0.4, -0.2) is 10.9 Å². The summed E-state index contributed by atoms with van der Waals surface area (Å²) < 4.78 is 0. The van der Waals surface area contributed by atoms with E-state index in [2.05, 4.69) is 10.3 Å². The second-order valence-electron chi connectivity index (χ2n) is 3.89. The number of halogens is 2. The first kappa shape index (κ1) is 13.6. The summed E-state index contributed by atoms with van der Waals surface area (Å²) in [5.41, 5.74) is 7.18. The van der Waals surface area contributed by atoms with E-state index >= 15 is 0 Å². The summed E-state index contributed by atoms with van der Waals surface area (Å²) in [6.45, 7) is 0.375. The van der Waals surface area contributed by atoms with E-state index in [1.54, 1.807) is 12.4 Å². The highest BCUT2D eigenvalue weighted by molar-refractivity contribution is 6.37. The fraction of sp³-hybridized carbons (Fsp3) is 0.0769. The molecule has 6 heteroatoms. The number of anilines is 1. The number of nitrogens with zero attached hydrogens (tertiary/aromatic N) is 1. The molecule has 1 heterocycles. The maximum absolute atomic E-state index is 12.0. The number of hydrogen-bond donors (Lipinski definition) is 2. The molecular weight excluding hydrogens is 285 g/mol. The topological polar surface area (TPSA) is 68.0 Å². The molecule has 0 radical (unpaired) electrons. The molecule has 0 unspecified atom stereocenters. The Kier molecular flexibility index (Phi) is 4.24. The van der Waals surface area contributed by atoms with E-state index in [1.165, 1.54) is 12.1 Å². The van der Waals surface area contributed by atoms with Gasteiger partial charge in [-0.2, -0.15) is 0 Å². The van der Waals surface area contributed by atoms with E-state index in [0.717, 1.165) is 5.56 Å². The van der Waals surface area contributed by atoms with Gasteiger partial charge in [0.1, 0.15) is 0 Å². The fourth-order valence-electron chi connectivity index (χ4n) is 1.60. The Bertz CT molecular complexity index is 579. The molecule has 98 valence electrons. The summed E-state index contributed by atoms with van der Waals surface area (Å²) in [4.78, 5) is 15.9. The van der Waals surface area contributed by atoms with Gasteiger partial charge in [0, 0.05) is 29.6 Å². The molecule has 0 atom stereocenters. The summed E-state index contributed by atoms with van der Waals surface area (Å²) in [5, 5.41) is 3.37. The van der Waals surface area contributed by atoms with E-state index in [-0.39, 0.29) is 22.2 Å². The third-order valence-corrected chi connectivity index (χ3v) is 3.03. The van der Waals surface area contributed by atoms with Gasteiger partial charge < -0.3 is 11.1 Å². The summed E-state index contributed by atoms with van der Waals surface area (Å²) in [7, 11) is 0. The van der Waals surface area contributed by atoms with Crippen molar-refractivity contribution in [3.8, 4) is 0 Å². The van der Waals surface area contributed by atoms with Gasteiger partial charge in [0.2, 0.25) is 0 Å². The van der Waals surface area contributed by atoms with E-state index in [1.807, 2.05) is 12.1 Å². The van der Waals surface area contributed by atoms with Crippen LogP contribution in [-0.2, 0) is 6.54 Å². The molecule has 1 aromatic heterocycles. The number of rotatable bonds is 3. The van der Waals surface area contributed by atoms with Gasteiger partial charge in [-0.25, -0.2) is 0 Å². The molecule has 0 saturated heterocycles. The van der Waals surface area contributed by atoms with Crippen molar-refractivity contribution in [1.29, 1.82) is 0 Å². The molecule has 0 aliphatic carbocycles. The Morgan fingerprint density at radius 3 is 2.58 bits per heavy atom. The van der Waals surface area contributed by atoms with Crippen LogP contribution in [0.15, 0.2) is 36.7 Å². The average molecular weight is 296 g/mol. The lowest BCUT2D eigenvalue weighted by molar-refractivity contribution is 0.0952. The SMILES string of the molecule is Nc1cc(Cl)cc(Cl)c1C(=O)NCc1ccncc1. The lowest BCUT2D eigenvalue weighted by atomic mass is 10.1. The second-order valence-corrected chi connectivity index (χ2v) is 4.73. The molecule has 19 heavy (non-hydrogen) atoms. The van der Waals surface area contributed by atoms with Gasteiger partial charge in [0.05, 0.1) is 10.6 Å². The third-order valence-electron chi connectivity index (χ3n) is 2.51. The van der Waals surface area contributed by atoms with Crippen molar-refractivity contribution in [3.63, 3.8) is 0 Å². The van der Waals surface area contributed by atoms with Gasteiger partial charge in [-0.05, 0) is 29.8 Å². The van der Waals surface area contributed by atoms with Crippen molar-refractivity contribution in [1.82, 2.24) is 10.3 Å². The van der Waals surface area contributed by atoms with E-state index < -0.39 is 0 Å². The minimum atomic E-state index is -0.337. The van der Waals surface area contributed by atoms with Crippen LogP contribution in [0.5, 0.6) is 0 Å². The van der Waals surface area contributed by atoms with Gasteiger partial charge in [-0.15, -0.1) is 0 Å². The molecule has 1 amide bonds. The van der Waals surface area contributed by atoms with Crippen LogP contribution in [0.1, 0.15) is 15.9 Å². The highest BCUT2D eigenvalue weighted by atomic mass is 35.5. The van der Waals surface area contributed by atoms with Crippen molar-refractivity contribution in [3.05, 3.63) is 57.8 Å². The Labute approximate surface area is 120 Å². The zero-order valence-electron chi connectivity index (χ0n) is 9.86. The van der Waals surface area contributed by atoms with Gasteiger partial charge in [0.25, 0.3) is 5.91 Å². The van der Waals surface area contributed by atoms with Gasteiger partial charge >= 0.3 is 0 Å². The number of pyridine rings is 1. The Morgan fingerprint density at radius 1 is 1.26 bits per heavy atom. The average Bonchev–Trinajstić information content (AvgIpc) is 2.36. The zero-order chi connectivity index (χ0) is 13.8. The van der Waals surface area contributed by atoms with Crippen LogP contribution < -0.4 is 11.1 Å². The van der Waals surface area contributed by atoms with Crippen LogP contribution in [0.3, 0.4) is 0 Å². The van der Waals surface area contributed by atoms with E-state index in [0.29, 0.717) is 11.6 Å². The van der Waals surface area contributed by atoms with Crippen molar-refractivity contribution < 1.29 is 4.79 Å². The minimum absolute atomic E-state index is 0.234. The first-order chi connectivity index (χ1) is 9.08. The lowest BCUT2D eigenvalue weighted by Gasteiger charge is -2.09. The molecule has 0 aliphatic rings. The molecule has 0 bridgehead atoms. The summed E-state index contributed by atoms with van der Waals surface area (Å²) in [6, 6.07) is 6.61. The zero-order valence-corrected chi connectivity index (χ0v) is 11.4. The molecule has 2 rings (SSSR count). The lowest BCUT2D eigenvalue weighted by Crippen LogP contribution is -2.24. The smallest absolute Gasteiger partial charge is 0.255 e. The van der Waals surface area contributed by atoms with Crippen LogP contribution in [0.4, 0.5) is 5.69 Å². The van der Waals surface area contributed by atoms with E-state index in [4.69, 9.17) is 28.9 Å².